The molecular weight excluding hydrogens is 322 g/mol. The predicted octanol–water partition coefficient (Wildman–Crippen LogP) is 4.64. The first-order valence-corrected chi connectivity index (χ1v) is 7.69. The summed E-state index contributed by atoms with van der Waals surface area (Å²) in [4.78, 5) is 1.12. The van der Waals surface area contributed by atoms with Crippen LogP contribution in [0, 0.1) is 6.92 Å². The lowest BCUT2D eigenvalue weighted by Gasteiger charge is -2.09. The molecule has 0 unspecified atom stereocenters. The van der Waals surface area contributed by atoms with Crippen molar-refractivity contribution >= 4 is 33.4 Å². The van der Waals surface area contributed by atoms with Gasteiger partial charge < -0.3 is 10.5 Å². The molecule has 0 amide bonds. The summed E-state index contributed by atoms with van der Waals surface area (Å²) in [5.74, 6) is 1.72. The molecular formula is C15H16BrNOS. The third-order valence-electron chi connectivity index (χ3n) is 2.81. The number of methoxy groups -OCH3 is 1. The van der Waals surface area contributed by atoms with Gasteiger partial charge in [-0.25, -0.2) is 0 Å². The second-order valence-corrected chi connectivity index (χ2v) is 6.16. The highest BCUT2D eigenvalue weighted by molar-refractivity contribution is 9.10. The van der Waals surface area contributed by atoms with Crippen LogP contribution in [-0.2, 0) is 5.75 Å². The van der Waals surface area contributed by atoms with Crippen molar-refractivity contribution in [1.82, 2.24) is 0 Å². The Morgan fingerprint density at radius 3 is 2.74 bits per heavy atom. The number of ether oxygens (including phenoxy) is 1. The average molecular weight is 338 g/mol. The van der Waals surface area contributed by atoms with Gasteiger partial charge in [-0.3, -0.25) is 0 Å². The smallest absolute Gasteiger partial charge is 0.119 e. The minimum absolute atomic E-state index is 0.828. The molecule has 2 rings (SSSR count). The number of hydrogen-bond donors (Lipinski definition) is 1. The molecule has 2 N–H and O–H groups in total. The maximum atomic E-state index is 5.99. The number of nitrogens with two attached hydrogens (primary N) is 1. The molecule has 0 radical (unpaired) electrons. The molecule has 0 aliphatic rings. The van der Waals surface area contributed by atoms with E-state index >= 15 is 0 Å². The van der Waals surface area contributed by atoms with Crippen LogP contribution in [0.1, 0.15) is 11.1 Å². The van der Waals surface area contributed by atoms with Gasteiger partial charge in [0, 0.05) is 20.8 Å². The second kappa shape index (κ2) is 6.35. The molecule has 0 heterocycles. The fourth-order valence-electron chi connectivity index (χ4n) is 1.71. The lowest BCUT2D eigenvalue weighted by Crippen LogP contribution is -1.91. The molecule has 0 aromatic heterocycles. The molecule has 0 aliphatic heterocycles. The monoisotopic (exact) mass is 337 g/mol. The van der Waals surface area contributed by atoms with Crippen LogP contribution in [0.3, 0.4) is 0 Å². The average Bonchev–Trinajstić information content (AvgIpc) is 2.41. The van der Waals surface area contributed by atoms with E-state index < -0.39 is 0 Å². The first-order chi connectivity index (χ1) is 9.10. The van der Waals surface area contributed by atoms with Crippen LogP contribution in [0.15, 0.2) is 45.8 Å². The molecule has 2 nitrogen and oxygen atoms in total. The maximum absolute atomic E-state index is 5.99. The van der Waals surface area contributed by atoms with Crippen LogP contribution in [0.4, 0.5) is 5.69 Å². The van der Waals surface area contributed by atoms with Crippen LogP contribution in [0.25, 0.3) is 0 Å². The summed E-state index contributed by atoms with van der Waals surface area (Å²) in [5, 5.41) is 0. The molecule has 100 valence electrons. The molecule has 4 heteroatoms. The molecule has 0 saturated carbocycles. The molecule has 19 heavy (non-hydrogen) atoms. The lowest BCUT2D eigenvalue weighted by atomic mass is 10.2. The van der Waals surface area contributed by atoms with Gasteiger partial charge >= 0.3 is 0 Å². The van der Waals surface area contributed by atoms with Gasteiger partial charge in [0.1, 0.15) is 5.75 Å². The van der Waals surface area contributed by atoms with Crippen molar-refractivity contribution in [3.63, 3.8) is 0 Å². The fraction of sp³-hybridized carbons (Fsp3) is 0.200. The number of rotatable bonds is 4. The zero-order valence-electron chi connectivity index (χ0n) is 10.9. The van der Waals surface area contributed by atoms with Crippen molar-refractivity contribution in [2.24, 2.45) is 0 Å². The zero-order valence-corrected chi connectivity index (χ0v) is 13.3. The van der Waals surface area contributed by atoms with Gasteiger partial charge in [-0.05, 0) is 48.4 Å². The van der Waals surface area contributed by atoms with E-state index in [1.807, 2.05) is 30.3 Å². The van der Waals surface area contributed by atoms with E-state index in [0.29, 0.717) is 0 Å². The molecule has 0 aliphatic carbocycles. The summed E-state index contributed by atoms with van der Waals surface area (Å²) in [6.07, 6.45) is 0. The number of aryl methyl sites for hydroxylation is 1. The summed E-state index contributed by atoms with van der Waals surface area (Å²) in [6.45, 7) is 2.07. The third-order valence-corrected chi connectivity index (χ3v) is 4.70. The van der Waals surface area contributed by atoms with E-state index in [4.69, 9.17) is 10.5 Å². The van der Waals surface area contributed by atoms with Gasteiger partial charge in [0.15, 0.2) is 0 Å². The van der Waals surface area contributed by atoms with Gasteiger partial charge in [-0.15, -0.1) is 11.8 Å². The fourth-order valence-corrected chi connectivity index (χ4v) is 3.34. The Morgan fingerprint density at radius 1 is 1.21 bits per heavy atom. The Bertz CT molecular complexity index is 586. The van der Waals surface area contributed by atoms with Gasteiger partial charge in [-0.2, -0.15) is 0 Å². The number of hydrogen-bond acceptors (Lipinski definition) is 3. The normalized spacial score (nSPS) is 10.5. The summed E-state index contributed by atoms with van der Waals surface area (Å²) < 4.78 is 6.34. The van der Waals surface area contributed by atoms with Crippen LogP contribution in [0.2, 0.25) is 0 Å². The summed E-state index contributed by atoms with van der Waals surface area (Å²) in [5.41, 5.74) is 9.24. The van der Waals surface area contributed by atoms with Crippen molar-refractivity contribution in [1.29, 1.82) is 0 Å². The summed E-state index contributed by atoms with van der Waals surface area (Å²) >= 11 is 5.30. The van der Waals surface area contributed by atoms with Crippen LogP contribution in [-0.4, -0.2) is 7.11 Å². The number of nitrogen functional groups attached to an aromatic ring is 1. The first-order valence-electron chi connectivity index (χ1n) is 5.91. The lowest BCUT2D eigenvalue weighted by molar-refractivity contribution is 0.414. The minimum Gasteiger partial charge on any atom is -0.497 e. The molecule has 0 bridgehead atoms. The van der Waals surface area contributed by atoms with Gasteiger partial charge in [-0.1, -0.05) is 22.0 Å². The third kappa shape index (κ3) is 3.67. The highest BCUT2D eigenvalue weighted by atomic mass is 79.9. The highest BCUT2D eigenvalue weighted by Crippen LogP contribution is 2.32. The Kier molecular flexibility index (Phi) is 4.77. The standard InChI is InChI=1S/C15H16BrNOS/c1-10-3-6-14(17)15(7-10)19-9-11-8-12(18-2)4-5-13(11)16/h3-8H,9,17H2,1-2H3. The molecule has 2 aromatic rings. The second-order valence-electron chi connectivity index (χ2n) is 4.29. The maximum Gasteiger partial charge on any atom is 0.119 e. The van der Waals surface area contributed by atoms with Crippen LogP contribution in [0.5, 0.6) is 5.75 Å². The highest BCUT2D eigenvalue weighted by Gasteiger charge is 2.05. The van der Waals surface area contributed by atoms with Crippen molar-refractivity contribution in [3.05, 3.63) is 52.0 Å². The zero-order chi connectivity index (χ0) is 13.8. The van der Waals surface area contributed by atoms with Gasteiger partial charge in [0.25, 0.3) is 0 Å². The van der Waals surface area contributed by atoms with Crippen molar-refractivity contribution in [2.75, 3.05) is 12.8 Å². The summed E-state index contributed by atoms with van der Waals surface area (Å²) in [7, 11) is 1.68. The van der Waals surface area contributed by atoms with E-state index in [1.54, 1.807) is 18.9 Å². The van der Waals surface area contributed by atoms with E-state index in [0.717, 1.165) is 26.6 Å². The molecule has 0 atom stereocenters. The Hall–Kier alpha value is -1.13. The topological polar surface area (TPSA) is 35.2 Å². The number of thioether (sulfide) groups is 1. The van der Waals surface area contributed by atoms with E-state index in [1.165, 1.54) is 11.1 Å². The van der Waals surface area contributed by atoms with Gasteiger partial charge in [0.2, 0.25) is 0 Å². The quantitative estimate of drug-likeness (QED) is 0.651. The molecule has 0 spiro atoms. The number of halogens is 1. The first kappa shape index (κ1) is 14.3. The van der Waals surface area contributed by atoms with Crippen LogP contribution >= 0.6 is 27.7 Å². The van der Waals surface area contributed by atoms with Crippen molar-refractivity contribution in [3.8, 4) is 5.75 Å². The van der Waals surface area contributed by atoms with E-state index in [-0.39, 0.29) is 0 Å². The molecule has 2 aromatic carbocycles. The summed E-state index contributed by atoms with van der Waals surface area (Å²) in [6, 6.07) is 12.1. The Labute approximate surface area is 126 Å². The Morgan fingerprint density at radius 2 is 2.00 bits per heavy atom. The minimum atomic E-state index is 0.828. The van der Waals surface area contributed by atoms with Crippen LogP contribution < -0.4 is 10.5 Å². The SMILES string of the molecule is COc1ccc(Br)c(CSc2cc(C)ccc2N)c1. The largest absolute Gasteiger partial charge is 0.497 e. The van der Waals surface area contributed by atoms with E-state index in [9.17, 15) is 0 Å². The van der Waals surface area contributed by atoms with Gasteiger partial charge in [0.05, 0.1) is 7.11 Å². The predicted molar refractivity (Wildman–Crippen MR) is 85.8 cm³/mol. The van der Waals surface area contributed by atoms with Crippen molar-refractivity contribution < 1.29 is 4.74 Å². The Balaban J connectivity index is 2.16. The van der Waals surface area contributed by atoms with Crippen molar-refractivity contribution in [2.45, 2.75) is 17.6 Å². The molecule has 0 saturated heterocycles. The number of benzene rings is 2. The number of anilines is 1. The molecule has 0 fully saturated rings. The van der Waals surface area contributed by atoms with E-state index in [2.05, 4.69) is 28.9 Å².